The van der Waals surface area contributed by atoms with Crippen LogP contribution in [0.5, 0.6) is 23.0 Å². The lowest BCUT2D eigenvalue weighted by atomic mass is 9.92. The van der Waals surface area contributed by atoms with Gasteiger partial charge in [-0.1, -0.05) is 12.1 Å². The molecule has 6 heteroatoms. The van der Waals surface area contributed by atoms with E-state index in [0.717, 1.165) is 11.1 Å². The number of cyclic esters (lactones) is 1. The molecule has 1 fully saturated rings. The predicted molar refractivity (Wildman–Crippen MR) is 100 cm³/mol. The highest BCUT2D eigenvalue weighted by Crippen LogP contribution is 2.33. The third kappa shape index (κ3) is 4.00. The Morgan fingerprint density at radius 1 is 1.04 bits per heavy atom. The van der Waals surface area contributed by atoms with E-state index in [2.05, 4.69) is 0 Å². The molecule has 3 rings (SSSR count). The quantitative estimate of drug-likeness (QED) is 0.622. The van der Waals surface area contributed by atoms with Crippen LogP contribution in [0.1, 0.15) is 11.1 Å². The predicted octanol–water partition coefficient (Wildman–Crippen LogP) is 3.22. The number of esters is 1. The normalized spacial score (nSPS) is 17.7. The van der Waals surface area contributed by atoms with Gasteiger partial charge in [0.05, 0.1) is 27.9 Å². The zero-order chi connectivity index (χ0) is 19.4. The van der Waals surface area contributed by atoms with Gasteiger partial charge in [0.1, 0.15) is 0 Å². The first-order chi connectivity index (χ1) is 13.0. The van der Waals surface area contributed by atoms with E-state index in [1.165, 1.54) is 13.2 Å². The van der Waals surface area contributed by atoms with Crippen molar-refractivity contribution in [3.63, 3.8) is 0 Å². The van der Waals surface area contributed by atoms with E-state index in [1.54, 1.807) is 32.4 Å². The molecule has 1 atom stereocenters. The lowest BCUT2D eigenvalue weighted by Gasteiger charge is -2.12. The second kappa shape index (κ2) is 8.03. The summed E-state index contributed by atoms with van der Waals surface area (Å²) in [5.41, 5.74) is 2.37. The number of aromatic hydroxyl groups is 1. The van der Waals surface area contributed by atoms with Gasteiger partial charge in [0.15, 0.2) is 23.0 Å². The maximum absolute atomic E-state index is 12.2. The molecule has 6 nitrogen and oxygen atoms in total. The van der Waals surface area contributed by atoms with Crippen molar-refractivity contribution in [3.8, 4) is 23.0 Å². The summed E-state index contributed by atoms with van der Waals surface area (Å²) in [5.74, 6) is 1.31. The van der Waals surface area contributed by atoms with Crippen LogP contribution in [-0.2, 0) is 16.0 Å². The highest BCUT2D eigenvalue weighted by Gasteiger charge is 2.30. The summed E-state index contributed by atoms with van der Waals surface area (Å²) in [6.07, 6.45) is 2.41. The van der Waals surface area contributed by atoms with Gasteiger partial charge in [-0.3, -0.25) is 0 Å². The van der Waals surface area contributed by atoms with E-state index in [9.17, 15) is 9.90 Å². The second-order valence-electron chi connectivity index (χ2n) is 6.22. The van der Waals surface area contributed by atoms with Gasteiger partial charge in [-0.2, -0.15) is 0 Å². The van der Waals surface area contributed by atoms with Crippen LogP contribution in [0, 0.1) is 5.92 Å². The fourth-order valence-corrected chi connectivity index (χ4v) is 3.12. The van der Waals surface area contributed by atoms with Crippen LogP contribution < -0.4 is 14.2 Å². The zero-order valence-electron chi connectivity index (χ0n) is 15.5. The van der Waals surface area contributed by atoms with E-state index >= 15 is 0 Å². The maximum Gasteiger partial charge on any atom is 0.334 e. The van der Waals surface area contributed by atoms with E-state index < -0.39 is 0 Å². The van der Waals surface area contributed by atoms with Crippen LogP contribution in [0.3, 0.4) is 0 Å². The molecule has 1 N–H and O–H groups in total. The molecule has 2 aromatic carbocycles. The van der Waals surface area contributed by atoms with Crippen molar-refractivity contribution in [3.05, 3.63) is 53.1 Å². The number of hydrogen-bond donors (Lipinski definition) is 1. The average molecular weight is 370 g/mol. The Morgan fingerprint density at radius 2 is 1.78 bits per heavy atom. The van der Waals surface area contributed by atoms with Crippen molar-refractivity contribution in [2.75, 3.05) is 27.9 Å². The number of carbonyl (C=O) groups is 1. The Balaban J connectivity index is 1.86. The average Bonchev–Trinajstić information content (AvgIpc) is 3.02. The Bertz CT molecular complexity index is 871. The molecule has 0 amide bonds. The molecular weight excluding hydrogens is 348 g/mol. The van der Waals surface area contributed by atoms with Crippen LogP contribution in [0.2, 0.25) is 0 Å². The van der Waals surface area contributed by atoms with Crippen molar-refractivity contribution in [1.82, 2.24) is 0 Å². The largest absolute Gasteiger partial charge is 0.504 e. The highest BCUT2D eigenvalue weighted by molar-refractivity contribution is 5.96. The van der Waals surface area contributed by atoms with Crippen molar-refractivity contribution < 1.29 is 28.8 Å². The summed E-state index contributed by atoms with van der Waals surface area (Å²) >= 11 is 0. The molecule has 1 aliphatic rings. The van der Waals surface area contributed by atoms with E-state index in [4.69, 9.17) is 18.9 Å². The first-order valence-corrected chi connectivity index (χ1v) is 8.52. The Morgan fingerprint density at radius 3 is 2.48 bits per heavy atom. The van der Waals surface area contributed by atoms with Gasteiger partial charge in [0.2, 0.25) is 0 Å². The van der Waals surface area contributed by atoms with Gasteiger partial charge in [-0.25, -0.2) is 4.79 Å². The molecule has 0 aliphatic carbocycles. The highest BCUT2D eigenvalue weighted by atomic mass is 16.5. The SMILES string of the molecule is COc1cc(/C=C2\C(=O)OCC2Cc2ccc(OC)c(OC)c2)ccc1O. The zero-order valence-corrected chi connectivity index (χ0v) is 15.5. The Hall–Kier alpha value is -3.15. The summed E-state index contributed by atoms with van der Waals surface area (Å²) in [6, 6.07) is 10.6. The third-order valence-electron chi connectivity index (χ3n) is 4.55. The summed E-state index contributed by atoms with van der Waals surface area (Å²) in [6.45, 7) is 0.328. The van der Waals surface area contributed by atoms with Crippen LogP contribution >= 0.6 is 0 Å². The first-order valence-electron chi connectivity index (χ1n) is 8.52. The summed E-state index contributed by atoms with van der Waals surface area (Å²) in [7, 11) is 4.66. The lowest BCUT2D eigenvalue weighted by Crippen LogP contribution is -2.08. The molecule has 0 radical (unpaired) electrons. The smallest absolute Gasteiger partial charge is 0.334 e. The fourth-order valence-electron chi connectivity index (χ4n) is 3.12. The fraction of sp³-hybridized carbons (Fsp3) is 0.286. The Kier molecular flexibility index (Phi) is 5.54. The molecule has 1 heterocycles. The van der Waals surface area contributed by atoms with Crippen LogP contribution in [0.4, 0.5) is 0 Å². The molecule has 2 aromatic rings. The third-order valence-corrected chi connectivity index (χ3v) is 4.55. The molecule has 1 aliphatic heterocycles. The van der Waals surface area contributed by atoms with Gasteiger partial charge in [0.25, 0.3) is 0 Å². The molecule has 0 spiro atoms. The molecular formula is C21H22O6. The van der Waals surface area contributed by atoms with Gasteiger partial charge >= 0.3 is 5.97 Å². The van der Waals surface area contributed by atoms with Gasteiger partial charge in [-0.15, -0.1) is 0 Å². The van der Waals surface area contributed by atoms with Gasteiger partial charge in [-0.05, 0) is 47.9 Å². The standard InChI is InChI=1S/C21H22O6/c1-24-18-7-5-13(11-20(18)26-3)8-15-12-27-21(23)16(15)9-14-4-6-17(22)19(10-14)25-2/h4-7,9-11,15,22H,8,12H2,1-3H3/b16-9-. The minimum absolute atomic E-state index is 0.0514. The number of rotatable bonds is 6. The number of phenols is 1. The van der Waals surface area contributed by atoms with Crippen LogP contribution in [-0.4, -0.2) is 39.0 Å². The number of phenolic OH excluding ortho intramolecular Hbond substituents is 1. The minimum atomic E-state index is -0.326. The summed E-state index contributed by atoms with van der Waals surface area (Å²) in [5, 5.41) is 9.73. The van der Waals surface area contributed by atoms with E-state index in [-0.39, 0.29) is 17.6 Å². The van der Waals surface area contributed by atoms with Crippen molar-refractivity contribution >= 4 is 12.0 Å². The van der Waals surface area contributed by atoms with Crippen LogP contribution in [0.25, 0.3) is 6.08 Å². The van der Waals surface area contributed by atoms with Gasteiger partial charge < -0.3 is 24.1 Å². The number of benzene rings is 2. The summed E-state index contributed by atoms with van der Waals surface area (Å²) < 4.78 is 21.0. The molecule has 142 valence electrons. The molecule has 0 saturated carbocycles. The minimum Gasteiger partial charge on any atom is -0.504 e. The maximum atomic E-state index is 12.2. The van der Waals surface area contributed by atoms with Crippen LogP contribution in [0.15, 0.2) is 42.0 Å². The van der Waals surface area contributed by atoms with Crippen molar-refractivity contribution in [2.24, 2.45) is 5.92 Å². The first kappa shape index (κ1) is 18.6. The number of carbonyl (C=O) groups excluding carboxylic acids is 1. The number of hydrogen-bond acceptors (Lipinski definition) is 6. The molecule has 0 aromatic heterocycles. The Labute approximate surface area is 157 Å². The number of ether oxygens (including phenoxy) is 4. The van der Waals surface area contributed by atoms with Gasteiger partial charge in [0, 0.05) is 11.5 Å². The molecule has 1 saturated heterocycles. The monoisotopic (exact) mass is 370 g/mol. The van der Waals surface area contributed by atoms with Crippen molar-refractivity contribution in [2.45, 2.75) is 6.42 Å². The lowest BCUT2D eigenvalue weighted by molar-refractivity contribution is -0.135. The van der Waals surface area contributed by atoms with E-state index in [0.29, 0.717) is 35.8 Å². The topological polar surface area (TPSA) is 74.2 Å². The molecule has 27 heavy (non-hydrogen) atoms. The molecule has 1 unspecified atom stereocenters. The molecule has 0 bridgehead atoms. The summed E-state index contributed by atoms with van der Waals surface area (Å²) in [4.78, 5) is 12.2. The van der Waals surface area contributed by atoms with Crippen molar-refractivity contribution in [1.29, 1.82) is 0 Å². The second-order valence-corrected chi connectivity index (χ2v) is 6.22. The number of methoxy groups -OCH3 is 3. The van der Waals surface area contributed by atoms with E-state index in [1.807, 2.05) is 18.2 Å².